The molecule has 0 unspecified atom stereocenters. The molecule has 1 N–H and O–H groups in total. The molecule has 0 radical (unpaired) electrons. The third-order valence-corrected chi connectivity index (χ3v) is 4.17. The molecule has 80 valence electrons. The van der Waals surface area contributed by atoms with Crippen LogP contribution >= 0.6 is 24.0 Å². The zero-order valence-corrected chi connectivity index (χ0v) is 10.1. The van der Waals surface area contributed by atoms with Crippen LogP contribution in [0, 0.1) is 0 Å². The highest BCUT2D eigenvalue weighted by Gasteiger charge is 2.27. The Morgan fingerprint density at radius 3 is 2.94 bits per heavy atom. The molecule has 1 aromatic carbocycles. The molecule has 0 aromatic heterocycles. The summed E-state index contributed by atoms with van der Waals surface area (Å²) in [7, 11) is 0. The Kier molecular flexibility index (Phi) is 2.33. The number of allylic oxidation sites excluding steroid dienone is 2. The maximum absolute atomic E-state index is 11.5. The maximum Gasteiger partial charge on any atom is 0.143 e. The number of rotatable bonds is 0. The van der Waals surface area contributed by atoms with Crippen LogP contribution in [0.1, 0.15) is 12.8 Å². The zero-order valence-electron chi connectivity index (χ0n) is 8.45. The van der Waals surface area contributed by atoms with Crippen LogP contribution in [0.4, 0.5) is 5.69 Å². The van der Waals surface area contributed by atoms with Crippen LogP contribution in [-0.4, -0.2) is 10.6 Å². The quantitative estimate of drug-likeness (QED) is 0.713. The van der Waals surface area contributed by atoms with Gasteiger partial charge in [0, 0.05) is 27.5 Å². The zero-order chi connectivity index (χ0) is 11.1. The summed E-state index contributed by atoms with van der Waals surface area (Å²) < 4.78 is 0. The van der Waals surface area contributed by atoms with Crippen molar-refractivity contribution < 1.29 is 4.79 Å². The monoisotopic (exact) mass is 247 g/mol. The first-order valence-corrected chi connectivity index (χ1v) is 6.28. The van der Waals surface area contributed by atoms with Crippen molar-refractivity contribution in [2.24, 2.45) is 0 Å². The van der Waals surface area contributed by atoms with Gasteiger partial charge in [0.25, 0.3) is 0 Å². The van der Waals surface area contributed by atoms with Gasteiger partial charge in [-0.15, -0.1) is 0 Å². The molecule has 0 fully saturated rings. The molecule has 0 saturated carbocycles. The fourth-order valence-corrected chi connectivity index (χ4v) is 3.46. The van der Waals surface area contributed by atoms with Crippen molar-refractivity contribution in [2.45, 2.75) is 17.7 Å². The molecule has 3 rings (SSSR count). The molecule has 0 bridgehead atoms. The molecule has 1 aromatic rings. The number of carbonyl (C=O) groups excluding carboxylic acids is 1. The van der Waals surface area contributed by atoms with Gasteiger partial charge in [-0.25, -0.2) is 0 Å². The van der Waals surface area contributed by atoms with Crippen LogP contribution in [-0.2, 0) is 4.79 Å². The average molecular weight is 247 g/mol. The minimum absolute atomic E-state index is 0.220. The van der Waals surface area contributed by atoms with Crippen molar-refractivity contribution in [1.29, 1.82) is 0 Å². The van der Waals surface area contributed by atoms with E-state index in [1.807, 2.05) is 18.2 Å². The van der Waals surface area contributed by atoms with Crippen LogP contribution in [0.3, 0.4) is 0 Å². The Labute approximate surface area is 103 Å². The van der Waals surface area contributed by atoms with Crippen LogP contribution in [0.5, 0.6) is 0 Å². The lowest BCUT2D eigenvalue weighted by Crippen LogP contribution is -2.23. The normalized spacial score (nSPS) is 19.0. The van der Waals surface area contributed by atoms with Crippen molar-refractivity contribution in [3.8, 4) is 0 Å². The molecule has 0 amide bonds. The third-order valence-electron chi connectivity index (χ3n) is 2.65. The highest BCUT2D eigenvalue weighted by Crippen LogP contribution is 2.43. The fraction of sp³-hybridized carbons (Fsp3) is 0.167. The molecule has 4 heteroatoms. The Morgan fingerprint density at radius 1 is 1.25 bits per heavy atom. The van der Waals surface area contributed by atoms with Crippen LogP contribution in [0.15, 0.2) is 39.8 Å². The van der Waals surface area contributed by atoms with E-state index in [4.69, 9.17) is 12.2 Å². The van der Waals surface area contributed by atoms with E-state index < -0.39 is 0 Å². The van der Waals surface area contributed by atoms with Gasteiger partial charge in [-0.1, -0.05) is 36.1 Å². The second-order valence-electron chi connectivity index (χ2n) is 3.84. The lowest BCUT2D eigenvalue weighted by molar-refractivity contribution is -0.117. The number of hydrogen-bond donors (Lipinski definition) is 1. The van der Waals surface area contributed by atoms with Gasteiger partial charge < -0.3 is 5.32 Å². The first-order chi connectivity index (χ1) is 7.74. The maximum atomic E-state index is 11.5. The number of carbonyl (C=O) groups is 1. The summed E-state index contributed by atoms with van der Waals surface area (Å²) in [6.45, 7) is 0. The van der Waals surface area contributed by atoms with Gasteiger partial charge in [-0.05, 0) is 12.1 Å². The van der Waals surface area contributed by atoms with Crippen molar-refractivity contribution >= 4 is 40.3 Å². The summed E-state index contributed by atoms with van der Waals surface area (Å²) in [5, 5.41) is 3.33. The lowest BCUT2D eigenvalue weighted by Gasteiger charge is -2.27. The molecule has 0 atom stereocenters. The number of hydrogen-bond acceptors (Lipinski definition) is 4. The molecule has 1 aliphatic heterocycles. The molecule has 16 heavy (non-hydrogen) atoms. The predicted molar refractivity (Wildman–Crippen MR) is 69.8 cm³/mol. The van der Waals surface area contributed by atoms with Crippen LogP contribution in [0.25, 0.3) is 0 Å². The van der Waals surface area contributed by atoms with Crippen molar-refractivity contribution in [1.82, 2.24) is 0 Å². The summed E-state index contributed by atoms with van der Waals surface area (Å²) in [5.41, 5.74) is 2.07. The largest absolute Gasteiger partial charge is 0.353 e. The van der Waals surface area contributed by atoms with Gasteiger partial charge in [0.05, 0.1) is 11.4 Å². The molecule has 0 saturated heterocycles. The van der Waals surface area contributed by atoms with E-state index in [1.165, 1.54) is 4.90 Å². The first-order valence-electron chi connectivity index (χ1n) is 5.06. The molecular formula is C12H9NOS2. The summed E-state index contributed by atoms with van der Waals surface area (Å²) in [6, 6.07) is 8.08. The average Bonchev–Trinajstić information content (AvgIpc) is 2.27. The highest BCUT2D eigenvalue weighted by atomic mass is 32.2. The SMILES string of the molecule is O=C1CC(=S)C2=C(C1)Sc1ccccc1N2. The first kappa shape index (κ1) is 10.1. The lowest BCUT2D eigenvalue weighted by atomic mass is 10.0. The van der Waals surface area contributed by atoms with Gasteiger partial charge in [0.1, 0.15) is 5.78 Å². The van der Waals surface area contributed by atoms with Crippen molar-refractivity contribution in [3.05, 3.63) is 34.9 Å². The fourth-order valence-electron chi connectivity index (χ4n) is 1.91. The Morgan fingerprint density at radius 2 is 2.06 bits per heavy atom. The van der Waals surface area contributed by atoms with Crippen LogP contribution in [0.2, 0.25) is 0 Å². The summed E-state index contributed by atoms with van der Waals surface area (Å²) in [6.07, 6.45) is 0.922. The molecule has 1 aliphatic carbocycles. The number of anilines is 1. The van der Waals surface area contributed by atoms with E-state index in [0.29, 0.717) is 12.8 Å². The highest BCUT2D eigenvalue weighted by molar-refractivity contribution is 8.03. The van der Waals surface area contributed by atoms with Gasteiger partial charge in [-0.3, -0.25) is 4.79 Å². The predicted octanol–water partition coefficient (Wildman–Crippen LogP) is 3.15. The van der Waals surface area contributed by atoms with Gasteiger partial charge >= 0.3 is 0 Å². The van der Waals surface area contributed by atoms with Gasteiger partial charge in [-0.2, -0.15) is 0 Å². The number of thiocarbonyl (C=S) groups is 1. The van der Waals surface area contributed by atoms with Crippen molar-refractivity contribution in [3.63, 3.8) is 0 Å². The van der Waals surface area contributed by atoms with E-state index in [2.05, 4.69) is 11.4 Å². The summed E-state index contributed by atoms with van der Waals surface area (Å²) >= 11 is 6.91. The number of ketones is 1. The van der Waals surface area contributed by atoms with E-state index >= 15 is 0 Å². The number of thioether (sulfide) groups is 1. The number of Topliss-reactive ketones (excluding diaryl/α,β-unsaturated/α-hetero) is 1. The summed E-state index contributed by atoms with van der Waals surface area (Å²) in [5.74, 6) is 0.220. The number of nitrogens with one attached hydrogen (secondary N) is 1. The molecule has 2 aliphatic rings. The van der Waals surface area contributed by atoms with E-state index in [1.54, 1.807) is 11.8 Å². The third kappa shape index (κ3) is 1.58. The Bertz CT molecular complexity index is 534. The van der Waals surface area contributed by atoms with Crippen LogP contribution < -0.4 is 5.32 Å². The van der Waals surface area contributed by atoms with E-state index in [-0.39, 0.29) is 5.78 Å². The second kappa shape index (κ2) is 3.71. The summed E-state index contributed by atoms with van der Waals surface area (Å²) in [4.78, 5) is 14.5. The smallest absolute Gasteiger partial charge is 0.143 e. The minimum atomic E-state index is 0.220. The molecule has 1 heterocycles. The Hall–Kier alpha value is -1.13. The Balaban J connectivity index is 2.05. The number of fused-ring (bicyclic) bond motifs is 1. The van der Waals surface area contributed by atoms with Gasteiger partial charge in [0.2, 0.25) is 0 Å². The second-order valence-corrected chi connectivity index (χ2v) is 5.47. The number of benzene rings is 1. The molecular weight excluding hydrogens is 238 g/mol. The van der Waals surface area contributed by atoms with Crippen molar-refractivity contribution in [2.75, 3.05) is 5.32 Å². The van der Waals surface area contributed by atoms with Gasteiger partial charge in [0.15, 0.2) is 0 Å². The molecule has 0 spiro atoms. The standard InChI is InChI=1S/C12H9NOS2/c14-7-5-9(15)12-11(6-7)16-10-4-2-1-3-8(10)13-12/h1-4,13H,5-6H2. The topological polar surface area (TPSA) is 29.1 Å². The van der Waals surface area contributed by atoms with E-state index in [0.717, 1.165) is 21.2 Å². The van der Waals surface area contributed by atoms with E-state index in [9.17, 15) is 4.79 Å². The number of para-hydroxylation sites is 1. The minimum Gasteiger partial charge on any atom is -0.353 e. The molecule has 2 nitrogen and oxygen atoms in total.